The van der Waals surface area contributed by atoms with Gasteiger partial charge in [0.2, 0.25) is 5.16 Å². The van der Waals surface area contributed by atoms with Gasteiger partial charge in [-0.25, -0.2) is 4.68 Å². The number of nitrogens with two attached hydrogens (primary N) is 1. The van der Waals surface area contributed by atoms with Crippen molar-refractivity contribution in [2.24, 2.45) is 5.73 Å². The van der Waals surface area contributed by atoms with Gasteiger partial charge >= 0.3 is 0 Å². The summed E-state index contributed by atoms with van der Waals surface area (Å²) in [6.07, 6.45) is 0.256. The number of nitrogens with zero attached hydrogens (tertiary/aromatic N) is 5. The lowest BCUT2D eigenvalue weighted by molar-refractivity contribution is -0.0137. The van der Waals surface area contributed by atoms with E-state index in [1.54, 1.807) is 16.4 Å². The zero-order chi connectivity index (χ0) is 12.8. The normalized spacial score (nSPS) is 21.3. The molecule has 0 aliphatic carbocycles. The number of hydrogen-bond donors (Lipinski definition) is 1. The largest absolute Gasteiger partial charge is 0.375 e. The van der Waals surface area contributed by atoms with Crippen molar-refractivity contribution in [3.05, 3.63) is 0 Å². The Labute approximate surface area is 111 Å². The monoisotopic (exact) mass is 272 g/mol. The lowest BCUT2D eigenvalue weighted by Crippen LogP contribution is -2.43. The minimum Gasteiger partial charge on any atom is -0.375 e. The Morgan fingerprint density at radius 3 is 3.22 bits per heavy atom. The van der Waals surface area contributed by atoms with Gasteiger partial charge in [-0.2, -0.15) is 0 Å². The van der Waals surface area contributed by atoms with E-state index in [0.717, 1.165) is 37.2 Å². The Bertz CT molecular complexity index is 360. The second-order valence-corrected chi connectivity index (χ2v) is 5.16. The van der Waals surface area contributed by atoms with Crippen LogP contribution in [0.1, 0.15) is 6.92 Å². The highest BCUT2D eigenvalue weighted by atomic mass is 32.2. The number of rotatable bonds is 6. The van der Waals surface area contributed by atoms with E-state index in [4.69, 9.17) is 10.5 Å². The van der Waals surface area contributed by atoms with Crippen LogP contribution in [0, 0.1) is 0 Å². The van der Waals surface area contributed by atoms with Gasteiger partial charge in [0.1, 0.15) is 0 Å². The van der Waals surface area contributed by atoms with Gasteiger partial charge in [-0.1, -0.05) is 18.7 Å². The Hall–Kier alpha value is -0.700. The molecule has 0 aromatic carbocycles. The topological polar surface area (TPSA) is 82.1 Å². The lowest BCUT2D eigenvalue weighted by atomic mass is 10.3. The summed E-state index contributed by atoms with van der Waals surface area (Å²) in [7, 11) is 0. The zero-order valence-corrected chi connectivity index (χ0v) is 11.5. The van der Waals surface area contributed by atoms with Crippen molar-refractivity contribution in [2.75, 3.05) is 38.5 Å². The summed E-state index contributed by atoms with van der Waals surface area (Å²) in [5, 5.41) is 12.4. The predicted molar refractivity (Wildman–Crippen MR) is 69.4 cm³/mol. The van der Waals surface area contributed by atoms with Crippen LogP contribution in [-0.4, -0.2) is 69.7 Å². The second kappa shape index (κ2) is 7.03. The third-order valence-electron chi connectivity index (χ3n) is 2.91. The number of hydrogen-bond acceptors (Lipinski definition) is 7. The Morgan fingerprint density at radius 1 is 1.56 bits per heavy atom. The summed E-state index contributed by atoms with van der Waals surface area (Å²) in [6, 6.07) is 0. The van der Waals surface area contributed by atoms with Crippen LogP contribution in [0.25, 0.3) is 0 Å². The quantitative estimate of drug-likeness (QED) is 0.695. The van der Waals surface area contributed by atoms with E-state index in [9.17, 15) is 0 Å². The van der Waals surface area contributed by atoms with Crippen LogP contribution in [0.3, 0.4) is 0 Å². The SMILES string of the molecule is CCN1CCOC(CSc2nnnn2CCN)C1. The highest BCUT2D eigenvalue weighted by molar-refractivity contribution is 7.99. The molecule has 0 saturated carbocycles. The molecule has 1 saturated heterocycles. The third-order valence-corrected chi connectivity index (χ3v) is 4.00. The number of likely N-dealkylation sites (N-methyl/N-ethyl adjacent to an activating group) is 1. The Balaban J connectivity index is 1.81. The molecule has 7 nitrogen and oxygen atoms in total. The highest BCUT2D eigenvalue weighted by Gasteiger charge is 2.20. The van der Waals surface area contributed by atoms with Crippen LogP contribution >= 0.6 is 11.8 Å². The van der Waals surface area contributed by atoms with Crippen molar-refractivity contribution in [1.82, 2.24) is 25.1 Å². The van der Waals surface area contributed by atoms with Crippen LogP contribution < -0.4 is 5.73 Å². The van der Waals surface area contributed by atoms with Gasteiger partial charge in [0.05, 0.1) is 19.3 Å². The minimum absolute atomic E-state index is 0.256. The number of morpholine rings is 1. The van der Waals surface area contributed by atoms with Gasteiger partial charge in [0, 0.05) is 25.4 Å². The molecule has 0 spiro atoms. The molecule has 1 fully saturated rings. The van der Waals surface area contributed by atoms with Crippen molar-refractivity contribution >= 4 is 11.8 Å². The lowest BCUT2D eigenvalue weighted by Gasteiger charge is -2.31. The third kappa shape index (κ3) is 3.64. The summed E-state index contributed by atoms with van der Waals surface area (Å²) < 4.78 is 7.48. The highest BCUT2D eigenvalue weighted by Crippen LogP contribution is 2.18. The number of ether oxygens (including phenoxy) is 1. The van der Waals surface area contributed by atoms with E-state index in [1.165, 1.54) is 0 Å². The molecule has 1 aromatic rings. The molecule has 0 bridgehead atoms. The maximum atomic E-state index is 5.74. The number of thioether (sulfide) groups is 1. The van der Waals surface area contributed by atoms with Crippen molar-refractivity contribution in [3.8, 4) is 0 Å². The summed E-state index contributed by atoms with van der Waals surface area (Å²) in [5.41, 5.74) is 5.51. The fourth-order valence-electron chi connectivity index (χ4n) is 1.90. The first kappa shape index (κ1) is 13.7. The average Bonchev–Trinajstić information content (AvgIpc) is 2.85. The molecule has 0 radical (unpaired) electrons. The first-order chi connectivity index (χ1) is 8.83. The van der Waals surface area contributed by atoms with Crippen molar-refractivity contribution in [1.29, 1.82) is 0 Å². The van der Waals surface area contributed by atoms with Gasteiger partial charge in [-0.3, -0.25) is 4.90 Å². The summed E-state index contributed by atoms with van der Waals surface area (Å²) in [6.45, 7) is 7.29. The Morgan fingerprint density at radius 2 is 2.44 bits per heavy atom. The maximum Gasteiger partial charge on any atom is 0.209 e. The standard InChI is InChI=1S/C10H20N6OS/c1-2-15-5-6-17-9(7-15)8-18-10-12-13-14-16(10)4-3-11/h9H,2-8,11H2,1H3. The molecule has 1 aliphatic heterocycles. The maximum absolute atomic E-state index is 5.74. The van der Waals surface area contributed by atoms with Crippen LogP contribution in [0.2, 0.25) is 0 Å². The van der Waals surface area contributed by atoms with Gasteiger partial charge in [-0.15, -0.1) is 5.10 Å². The van der Waals surface area contributed by atoms with Crippen molar-refractivity contribution in [2.45, 2.75) is 24.7 Å². The molecule has 102 valence electrons. The van der Waals surface area contributed by atoms with Crippen LogP contribution in [0.5, 0.6) is 0 Å². The van der Waals surface area contributed by atoms with E-state index >= 15 is 0 Å². The molecular formula is C10H20N6OS. The molecule has 0 amide bonds. The molecule has 2 rings (SSSR count). The first-order valence-corrected chi connectivity index (χ1v) is 7.25. The van der Waals surface area contributed by atoms with Gasteiger partial charge in [0.25, 0.3) is 0 Å². The van der Waals surface area contributed by atoms with E-state index in [1.807, 2.05) is 0 Å². The number of aromatic nitrogens is 4. The van der Waals surface area contributed by atoms with E-state index in [0.29, 0.717) is 13.1 Å². The molecule has 18 heavy (non-hydrogen) atoms. The number of tetrazole rings is 1. The molecule has 1 unspecified atom stereocenters. The molecule has 8 heteroatoms. The van der Waals surface area contributed by atoms with Crippen LogP contribution in [-0.2, 0) is 11.3 Å². The van der Waals surface area contributed by atoms with Crippen LogP contribution in [0.15, 0.2) is 5.16 Å². The van der Waals surface area contributed by atoms with E-state index in [2.05, 4.69) is 27.3 Å². The molecule has 1 atom stereocenters. The fourth-order valence-corrected chi connectivity index (χ4v) is 2.81. The average molecular weight is 272 g/mol. The van der Waals surface area contributed by atoms with Crippen molar-refractivity contribution < 1.29 is 4.74 Å². The summed E-state index contributed by atoms with van der Waals surface area (Å²) in [4.78, 5) is 2.40. The minimum atomic E-state index is 0.256. The fraction of sp³-hybridized carbons (Fsp3) is 0.900. The van der Waals surface area contributed by atoms with Crippen LogP contribution in [0.4, 0.5) is 0 Å². The first-order valence-electron chi connectivity index (χ1n) is 6.26. The van der Waals surface area contributed by atoms with Crippen molar-refractivity contribution in [3.63, 3.8) is 0 Å². The smallest absolute Gasteiger partial charge is 0.209 e. The summed E-state index contributed by atoms with van der Waals surface area (Å²) >= 11 is 1.63. The molecule has 2 N–H and O–H groups in total. The molecule has 1 aromatic heterocycles. The Kier molecular flexibility index (Phi) is 5.36. The molecule has 1 aliphatic rings. The van der Waals surface area contributed by atoms with Gasteiger partial charge in [-0.05, 0) is 17.0 Å². The second-order valence-electron chi connectivity index (χ2n) is 4.17. The molecular weight excluding hydrogens is 252 g/mol. The summed E-state index contributed by atoms with van der Waals surface area (Å²) in [5.74, 6) is 0.876. The predicted octanol–water partition coefficient (Wildman–Crippen LogP) is -0.555. The van der Waals surface area contributed by atoms with E-state index in [-0.39, 0.29) is 6.10 Å². The zero-order valence-electron chi connectivity index (χ0n) is 10.7. The molecule has 2 heterocycles. The van der Waals surface area contributed by atoms with Gasteiger partial charge < -0.3 is 10.5 Å². The van der Waals surface area contributed by atoms with Gasteiger partial charge in [0.15, 0.2) is 0 Å². The van der Waals surface area contributed by atoms with E-state index < -0.39 is 0 Å².